The van der Waals surface area contributed by atoms with Gasteiger partial charge in [0.05, 0.1) is 38.6 Å². The Kier molecular flexibility index (Phi) is 10.2. The van der Waals surface area contributed by atoms with Crippen LogP contribution in [-0.4, -0.2) is 45.9 Å². The number of amides is 2. The fourth-order valence-electron chi connectivity index (χ4n) is 3.18. The van der Waals surface area contributed by atoms with Crippen molar-refractivity contribution in [1.29, 1.82) is 0 Å². The number of nitrogens with zero attached hydrogens (tertiary/aromatic N) is 1. The molecule has 11 heteroatoms. The number of ether oxygens (including phenoxy) is 4. The van der Waals surface area contributed by atoms with Gasteiger partial charge >= 0.3 is 0 Å². The molecule has 3 aromatic carbocycles. The van der Waals surface area contributed by atoms with E-state index in [1.54, 1.807) is 30.3 Å². The van der Waals surface area contributed by atoms with E-state index in [9.17, 15) is 9.59 Å². The third-order valence-electron chi connectivity index (χ3n) is 5.04. The molecule has 0 unspecified atom stereocenters. The number of methoxy groups -OCH3 is 3. The molecule has 9 nitrogen and oxygen atoms in total. The molecule has 2 amide bonds. The van der Waals surface area contributed by atoms with Gasteiger partial charge in [-0.1, -0.05) is 29.8 Å². The highest BCUT2D eigenvalue weighted by Crippen LogP contribution is 2.37. The lowest BCUT2D eigenvalue weighted by Gasteiger charge is -2.14. The Morgan fingerprint density at radius 3 is 2.41 bits per heavy atom. The summed E-state index contributed by atoms with van der Waals surface area (Å²) >= 11 is 9.68. The normalized spacial score (nSPS) is 10.6. The molecule has 0 aliphatic rings. The Bertz CT molecular complexity index is 1300. The molecule has 2 N–H and O–H groups in total. The number of carbonyl (C=O) groups is 2. The third kappa shape index (κ3) is 7.61. The van der Waals surface area contributed by atoms with Crippen LogP contribution in [0, 0.1) is 0 Å². The maximum atomic E-state index is 12.4. The quantitative estimate of drug-likeness (QED) is 0.250. The standard InChI is InChI=1S/C26H25BrClN3O6/c1-34-21-9-8-17(12-22(21)35-2)26(33)29-14-24(32)31-30-13-16-10-19(27)25(23(11-16)36-3)37-15-18-6-4-5-7-20(18)28/h4-13H,14-15H2,1-3H3,(H,29,33)(H,31,32). The van der Waals surface area contributed by atoms with Crippen LogP contribution in [0.4, 0.5) is 0 Å². The summed E-state index contributed by atoms with van der Waals surface area (Å²) in [4.78, 5) is 24.5. The van der Waals surface area contributed by atoms with Gasteiger partial charge in [-0.25, -0.2) is 5.43 Å². The molecule has 0 atom stereocenters. The predicted molar refractivity (Wildman–Crippen MR) is 144 cm³/mol. The first-order valence-corrected chi connectivity index (χ1v) is 12.1. The highest BCUT2D eigenvalue weighted by Gasteiger charge is 2.14. The lowest BCUT2D eigenvalue weighted by Crippen LogP contribution is -2.34. The van der Waals surface area contributed by atoms with Gasteiger partial charge < -0.3 is 24.3 Å². The van der Waals surface area contributed by atoms with E-state index >= 15 is 0 Å². The van der Waals surface area contributed by atoms with Gasteiger partial charge in [0.2, 0.25) is 0 Å². The Morgan fingerprint density at radius 1 is 0.973 bits per heavy atom. The Labute approximate surface area is 227 Å². The summed E-state index contributed by atoms with van der Waals surface area (Å²) in [6, 6.07) is 15.6. The van der Waals surface area contributed by atoms with Crippen LogP contribution in [0.2, 0.25) is 5.02 Å². The van der Waals surface area contributed by atoms with E-state index in [4.69, 9.17) is 30.5 Å². The third-order valence-corrected chi connectivity index (χ3v) is 6.00. The summed E-state index contributed by atoms with van der Waals surface area (Å²) < 4.78 is 22.3. The number of benzene rings is 3. The minimum atomic E-state index is -0.504. The van der Waals surface area contributed by atoms with Crippen LogP contribution in [0.5, 0.6) is 23.0 Å². The van der Waals surface area contributed by atoms with Crippen molar-refractivity contribution in [3.63, 3.8) is 0 Å². The summed E-state index contributed by atoms with van der Waals surface area (Å²) in [6.45, 7) is -0.0144. The van der Waals surface area contributed by atoms with Crippen molar-refractivity contribution in [1.82, 2.24) is 10.7 Å². The van der Waals surface area contributed by atoms with E-state index in [0.717, 1.165) is 5.56 Å². The summed E-state index contributed by atoms with van der Waals surface area (Å²) in [5.41, 5.74) is 4.17. The number of hydrogen-bond acceptors (Lipinski definition) is 7. The van der Waals surface area contributed by atoms with Crippen LogP contribution in [-0.2, 0) is 11.4 Å². The minimum absolute atomic E-state index is 0.257. The van der Waals surface area contributed by atoms with Gasteiger partial charge in [0.15, 0.2) is 23.0 Å². The fraction of sp³-hybridized carbons (Fsp3) is 0.192. The van der Waals surface area contributed by atoms with E-state index in [-0.39, 0.29) is 13.2 Å². The van der Waals surface area contributed by atoms with Crippen molar-refractivity contribution in [2.75, 3.05) is 27.9 Å². The molecule has 0 heterocycles. The van der Waals surface area contributed by atoms with Crippen molar-refractivity contribution < 1.29 is 28.5 Å². The molecule has 0 bridgehead atoms. The Balaban J connectivity index is 1.56. The van der Waals surface area contributed by atoms with E-state index in [1.807, 2.05) is 18.2 Å². The molecular weight excluding hydrogens is 566 g/mol. The second kappa shape index (κ2) is 13.5. The molecule has 3 rings (SSSR count). The lowest BCUT2D eigenvalue weighted by molar-refractivity contribution is -0.120. The van der Waals surface area contributed by atoms with Gasteiger partial charge in [-0.05, 0) is 57.9 Å². The molecule has 3 aromatic rings. The van der Waals surface area contributed by atoms with Gasteiger partial charge in [0.1, 0.15) is 6.61 Å². The first kappa shape index (κ1) is 27.8. The van der Waals surface area contributed by atoms with E-state index in [0.29, 0.717) is 43.6 Å². The lowest BCUT2D eigenvalue weighted by atomic mass is 10.2. The van der Waals surface area contributed by atoms with Crippen LogP contribution in [0.15, 0.2) is 64.2 Å². The van der Waals surface area contributed by atoms with E-state index < -0.39 is 11.8 Å². The van der Waals surface area contributed by atoms with Gasteiger partial charge in [-0.15, -0.1) is 0 Å². The summed E-state index contributed by atoms with van der Waals surface area (Å²) in [6.07, 6.45) is 1.44. The SMILES string of the molecule is COc1ccc(C(=O)NCC(=O)NN=Cc2cc(Br)c(OCc3ccccc3Cl)c(OC)c2)cc1OC. The fourth-order valence-corrected chi connectivity index (χ4v) is 3.94. The smallest absolute Gasteiger partial charge is 0.259 e. The summed E-state index contributed by atoms with van der Waals surface area (Å²) in [5.74, 6) is 0.926. The summed E-state index contributed by atoms with van der Waals surface area (Å²) in [5, 5.41) is 7.08. The van der Waals surface area contributed by atoms with Gasteiger partial charge in [-0.2, -0.15) is 5.10 Å². The van der Waals surface area contributed by atoms with Gasteiger partial charge in [0, 0.05) is 16.1 Å². The van der Waals surface area contributed by atoms with Crippen LogP contribution in [0.1, 0.15) is 21.5 Å². The van der Waals surface area contributed by atoms with Crippen molar-refractivity contribution in [3.8, 4) is 23.0 Å². The first-order valence-electron chi connectivity index (χ1n) is 10.9. The zero-order chi connectivity index (χ0) is 26.8. The van der Waals surface area contributed by atoms with Crippen LogP contribution < -0.4 is 29.7 Å². The number of rotatable bonds is 11. The molecule has 37 heavy (non-hydrogen) atoms. The number of hydrogen-bond donors (Lipinski definition) is 2. The Morgan fingerprint density at radius 2 is 1.70 bits per heavy atom. The second-order valence-electron chi connectivity index (χ2n) is 7.46. The van der Waals surface area contributed by atoms with Crippen molar-refractivity contribution in [2.45, 2.75) is 6.61 Å². The molecule has 0 fully saturated rings. The highest BCUT2D eigenvalue weighted by atomic mass is 79.9. The number of carbonyl (C=O) groups excluding carboxylic acids is 2. The molecule has 0 aliphatic carbocycles. The van der Waals surface area contributed by atoms with Crippen LogP contribution >= 0.6 is 27.5 Å². The first-order chi connectivity index (χ1) is 17.9. The van der Waals surface area contributed by atoms with Gasteiger partial charge in [-0.3, -0.25) is 9.59 Å². The average molecular weight is 591 g/mol. The monoisotopic (exact) mass is 589 g/mol. The Hall–Kier alpha value is -3.76. The number of hydrazone groups is 1. The summed E-state index contributed by atoms with van der Waals surface area (Å²) in [7, 11) is 4.50. The van der Waals surface area contributed by atoms with E-state index in [1.165, 1.54) is 33.6 Å². The van der Waals surface area contributed by atoms with Crippen molar-refractivity contribution in [3.05, 3.63) is 80.8 Å². The van der Waals surface area contributed by atoms with Crippen LogP contribution in [0.3, 0.4) is 0 Å². The van der Waals surface area contributed by atoms with Gasteiger partial charge in [0.25, 0.3) is 11.8 Å². The maximum Gasteiger partial charge on any atom is 0.259 e. The maximum absolute atomic E-state index is 12.4. The molecule has 194 valence electrons. The zero-order valence-electron chi connectivity index (χ0n) is 20.3. The highest BCUT2D eigenvalue weighted by molar-refractivity contribution is 9.10. The molecule has 0 saturated carbocycles. The van der Waals surface area contributed by atoms with Crippen molar-refractivity contribution >= 4 is 45.6 Å². The largest absolute Gasteiger partial charge is 0.493 e. The topological polar surface area (TPSA) is 107 Å². The molecular formula is C26H25BrClN3O6. The van der Waals surface area contributed by atoms with Crippen molar-refractivity contribution in [2.24, 2.45) is 5.10 Å². The predicted octanol–water partition coefficient (Wildman–Crippen LogP) is 4.59. The number of nitrogens with one attached hydrogen (secondary N) is 2. The van der Waals surface area contributed by atoms with E-state index in [2.05, 4.69) is 31.8 Å². The molecule has 0 aromatic heterocycles. The molecule has 0 saturated heterocycles. The minimum Gasteiger partial charge on any atom is -0.493 e. The second-order valence-corrected chi connectivity index (χ2v) is 8.72. The van der Waals surface area contributed by atoms with Crippen LogP contribution in [0.25, 0.3) is 0 Å². The molecule has 0 aliphatic heterocycles. The number of halogens is 2. The molecule has 0 spiro atoms. The zero-order valence-corrected chi connectivity index (χ0v) is 22.7. The molecule has 0 radical (unpaired) electrons. The average Bonchev–Trinajstić information content (AvgIpc) is 2.91.